The molecule has 0 atom stereocenters. The van der Waals surface area contributed by atoms with E-state index < -0.39 is 6.43 Å². The number of ether oxygens (including phenoxy) is 1. The summed E-state index contributed by atoms with van der Waals surface area (Å²) in [6.45, 7) is 0. The molecule has 0 saturated heterocycles. The SMILES string of the molecule is COc1cc(-c2ccc(C(F)F)nc2N)ccn1. The number of methoxy groups -OCH3 is 1. The minimum Gasteiger partial charge on any atom is -0.481 e. The van der Waals surface area contributed by atoms with Gasteiger partial charge in [0.05, 0.1) is 7.11 Å². The van der Waals surface area contributed by atoms with E-state index in [-0.39, 0.29) is 11.5 Å². The van der Waals surface area contributed by atoms with Crippen molar-refractivity contribution in [2.24, 2.45) is 0 Å². The molecule has 0 spiro atoms. The Bertz CT molecular complexity index is 561. The van der Waals surface area contributed by atoms with E-state index in [4.69, 9.17) is 10.5 Å². The molecule has 0 radical (unpaired) electrons. The molecule has 6 heteroatoms. The Morgan fingerprint density at radius 3 is 2.67 bits per heavy atom. The molecule has 0 unspecified atom stereocenters. The Morgan fingerprint density at radius 2 is 2.06 bits per heavy atom. The van der Waals surface area contributed by atoms with Gasteiger partial charge in [-0.15, -0.1) is 0 Å². The second-order valence-corrected chi connectivity index (χ2v) is 3.56. The molecule has 2 aromatic rings. The summed E-state index contributed by atoms with van der Waals surface area (Å²) in [6, 6.07) is 6.13. The highest BCUT2D eigenvalue weighted by molar-refractivity contribution is 5.74. The zero-order chi connectivity index (χ0) is 13.1. The number of alkyl halides is 2. The lowest BCUT2D eigenvalue weighted by atomic mass is 10.1. The first-order valence-electron chi connectivity index (χ1n) is 5.17. The maximum atomic E-state index is 12.5. The molecule has 2 rings (SSSR count). The van der Waals surface area contributed by atoms with E-state index in [0.717, 1.165) is 0 Å². The second kappa shape index (κ2) is 4.95. The summed E-state index contributed by atoms with van der Waals surface area (Å²) in [5.74, 6) is 0.478. The fraction of sp³-hybridized carbons (Fsp3) is 0.167. The van der Waals surface area contributed by atoms with Gasteiger partial charge in [0.25, 0.3) is 6.43 Å². The first-order chi connectivity index (χ1) is 8.61. The Morgan fingerprint density at radius 1 is 1.28 bits per heavy atom. The van der Waals surface area contributed by atoms with Crippen molar-refractivity contribution in [1.82, 2.24) is 9.97 Å². The van der Waals surface area contributed by atoms with Gasteiger partial charge in [-0.05, 0) is 23.8 Å². The minimum absolute atomic E-state index is 0.0565. The third-order valence-electron chi connectivity index (χ3n) is 2.42. The summed E-state index contributed by atoms with van der Waals surface area (Å²) in [7, 11) is 1.49. The number of nitrogens with two attached hydrogens (primary N) is 1. The van der Waals surface area contributed by atoms with Gasteiger partial charge >= 0.3 is 0 Å². The van der Waals surface area contributed by atoms with Gasteiger partial charge in [-0.2, -0.15) is 0 Å². The van der Waals surface area contributed by atoms with Crippen LogP contribution in [-0.2, 0) is 0 Å². The van der Waals surface area contributed by atoms with Crippen LogP contribution in [0.15, 0.2) is 30.5 Å². The molecule has 2 heterocycles. The van der Waals surface area contributed by atoms with Crippen LogP contribution in [0.5, 0.6) is 5.88 Å². The molecular formula is C12H11F2N3O. The normalized spacial score (nSPS) is 10.7. The summed E-state index contributed by atoms with van der Waals surface area (Å²) in [5.41, 5.74) is 6.63. The van der Waals surface area contributed by atoms with Gasteiger partial charge in [-0.1, -0.05) is 0 Å². The first kappa shape index (κ1) is 12.2. The topological polar surface area (TPSA) is 61.0 Å². The summed E-state index contributed by atoms with van der Waals surface area (Å²) in [5, 5.41) is 0. The number of pyridine rings is 2. The Hall–Kier alpha value is -2.24. The molecular weight excluding hydrogens is 240 g/mol. The van der Waals surface area contributed by atoms with Gasteiger partial charge in [-0.3, -0.25) is 0 Å². The number of hydrogen-bond donors (Lipinski definition) is 1. The number of hydrogen-bond acceptors (Lipinski definition) is 4. The zero-order valence-corrected chi connectivity index (χ0v) is 9.60. The maximum absolute atomic E-state index is 12.5. The number of nitrogens with zero attached hydrogens (tertiary/aromatic N) is 2. The van der Waals surface area contributed by atoms with Crippen molar-refractivity contribution >= 4 is 5.82 Å². The third kappa shape index (κ3) is 2.37. The van der Waals surface area contributed by atoms with Crippen molar-refractivity contribution in [3.05, 3.63) is 36.2 Å². The van der Waals surface area contributed by atoms with Crippen molar-refractivity contribution in [3.8, 4) is 17.0 Å². The average Bonchev–Trinajstić information content (AvgIpc) is 2.38. The quantitative estimate of drug-likeness (QED) is 0.911. The molecule has 4 nitrogen and oxygen atoms in total. The summed E-state index contributed by atoms with van der Waals surface area (Å²) in [6.07, 6.45) is -1.08. The van der Waals surface area contributed by atoms with Crippen LogP contribution in [0.4, 0.5) is 14.6 Å². The molecule has 2 N–H and O–H groups in total. The van der Waals surface area contributed by atoms with E-state index in [9.17, 15) is 8.78 Å². The number of aromatic nitrogens is 2. The molecule has 0 aromatic carbocycles. The minimum atomic E-state index is -2.63. The van der Waals surface area contributed by atoms with E-state index in [1.54, 1.807) is 18.3 Å². The average molecular weight is 251 g/mol. The largest absolute Gasteiger partial charge is 0.481 e. The highest BCUT2D eigenvalue weighted by Gasteiger charge is 2.12. The molecule has 0 fully saturated rings. The molecule has 0 aliphatic rings. The van der Waals surface area contributed by atoms with E-state index in [1.807, 2.05) is 0 Å². The van der Waals surface area contributed by atoms with Gasteiger partial charge in [0.2, 0.25) is 5.88 Å². The summed E-state index contributed by atoms with van der Waals surface area (Å²) < 4.78 is 29.9. The number of halogens is 2. The molecule has 0 aliphatic heterocycles. The van der Waals surface area contributed by atoms with Crippen LogP contribution in [0.3, 0.4) is 0 Å². The molecule has 0 saturated carbocycles. The number of anilines is 1. The lowest BCUT2D eigenvalue weighted by Gasteiger charge is -2.08. The van der Waals surface area contributed by atoms with Gasteiger partial charge in [-0.25, -0.2) is 18.7 Å². The van der Waals surface area contributed by atoms with Gasteiger partial charge in [0.15, 0.2) is 0 Å². The maximum Gasteiger partial charge on any atom is 0.280 e. The van der Waals surface area contributed by atoms with Crippen LogP contribution in [0.25, 0.3) is 11.1 Å². The number of rotatable bonds is 3. The van der Waals surface area contributed by atoms with E-state index in [1.165, 1.54) is 19.2 Å². The standard InChI is InChI=1S/C12H11F2N3O/c1-18-10-6-7(4-5-16-10)8-2-3-9(11(13)14)17-12(8)15/h2-6,11H,1H3,(H2,15,17). The predicted molar refractivity (Wildman–Crippen MR) is 63.4 cm³/mol. The van der Waals surface area contributed by atoms with Crippen molar-refractivity contribution in [2.75, 3.05) is 12.8 Å². The molecule has 18 heavy (non-hydrogen) atoms. The summed E-state index contributed by atoms with van der Waals surface area (Å²) >= 11 is 0. The zero-order valence-electron chi connectivity index (χ0n) is 9.60. The van der Waals surface area contributed by atoms with Gasteiger partial charge in [0.1, 0.15) is 11.5 Å². The van der Waals surface area contributed by atoms with Gasteiger partial charge < -0.3 is 10.5 Å². The highest BCUT2D eigenvalue weighted by Crippen LogP contribution is 2.28. The monoisotopic (exact) mass is 251 g/mol. The van der Waals surface area contributed by atoms with Crippen LogP contribution >= 0.6 is 0 Å². The lowest BCUT2D eigenvalue weighted by Crippen LogP contribution is -1.99. The molecule has 2 aromatic heterocycles. The smallest absolute Gasteiger partial charge is 0.280 e. The van der Waals surface area contributed by atoms with Crippen molar-refractivity contribution in [1.29, 1.82) is 0 Å². The van der Waals surface area contributed by atoms with E-state index in [2.05, 4.69) is 9.97 Å². The summed E-state index contributed by atoms with van der Waals surface area (Å²) in [4.78, 5) is 7.63. The Balaban J connectivity index is 2.44. The second-order valence-electron chi connectivity index (χ2n) is 3.56. The van der Waals surface area contributed by atoms with Gasteiger partial charge in [0, 0.05) is 17.8 Å². The predicted octanol–water partition coefficient (Wildman–Crippen LogP) is 2.67. The molecule has 0 bridgehead atoms. The molecule has 0 amide bonds. The Kier molecular flexibility index (Phi) is 3.36. The first-order valence-corrected chi connectivity index (χ1v) is 5.17. The van der Waals surface area contributed by atoms with Crippen LogP contribution in [0, 0.1) is 0 Å². The van der Waals surface area contributed by atoms with Crippen LogP contribution in [0.2, 0.25) is 0 Å². The fourth-order valence-electron chi connectivity index (χ4n) is 1.54. The van der Waals surface area contributed by atoms with E-state index >= 15 is 0 Å². The number of nitrogen functional groups attached to an aromatic ring is 1. The highest BCUT2D eigenvalue weighted by atomic mass is 19.3. The fourth-order valence-corrected chi connectivity index (χ4v) is 1.54. The van der Waals surface area contributed by atoms with Crippen molar-refractivity contribution < 1.29 is 13.5 Å². The van der Waals surface area contributed by atoms with E-state index in [0.29, 0.717) is 17.0 Å². The van der Waals surface area contributed by atoms with Crippen LogP contribution in [-0.4, -0.2) is 17.1 Å². The van der Waals surface area contributed by atoms with Crippen LogP contribution < -0.4 is 10.5 Å². The Labute approximate surface area is 102 Å². The molecule has 94 valence electrons. The molecule has 0 aliphatic carbocycles. The van der Waals surface area contributed by atoms with Crippen molar-refractivity contribution in [2.45, 2.75) is 6.43 Å². The third-order valence-corrected chi connectivity index (χ3v) is 2.42. The van der Waals surface area contributed by atoms with Crippen LogP contribution in [0.1, 0.15) is 12.1 Å². The lowest BCUT2D eigenvalue weighted by molar-refractivity contribution is 0.146. The van der Waals surface area contributed by atoms with Crippen molar-refractivity contribution in [3.63, 3.8) is 0 Å².